The normalized spacial score (nSPS) is 15.3. The molecule has 0 bridgehead atoms. The van der Waals surface area contributed by atoms with Crippen molar-refractivity contribution in [2.24, 2.45) is 4.99 Å². The minimum atomic E-state index is -0.135. The molecule has 1 amide bonds. The highest BCUT2D eigenvalue weighted by Crippen LogP contribution is 2.30. The first-order chi connectivity index (χ1) is 12.7. The predicted octanol–water partition coefficient (Wildman–Crippen LogP) is 4.75. The Labute approximate surface area is 157 Å². The highest BCUT2D eigenvalue weighted by molar-refractivity contribution is 8.14. The van der Waals surface area contributed by atoms with Crippen LogP contribution in [0.3, 0.4) is 0 Å². The van der Waals surface area contributed by atoms with Gasteiger partial charge in [-0.15, -0.1) is 6.58 Å². The van der Waals surface area contributed by atoms with E-state index in [1.54, 1.807) is 11.0 Å². The predicted molar refractivity (Wildman–Crippen MR) is 110 cm³/mol. The van der Waals surface area contributed by atoms with Gasteiger partial charge in [-0.3, -0.25) is 9.69 Å². The molecule has 0 radical (unpaired) electrons. The molecule has 3 rings (SSSR count). The zero-order valence-corrected chi connectivity index (χ0v) is 15.4. The molecule has 1 heterocycles. The van der Waals surface area contributed by atoms with Crippen LogP contribution >= 0.6 is 11.8 Å². The molecule has 0 spiro atoms. The van der Waals surface area contributed by atoms with Crippen LogP contribution in [0.5, 0.6) is 5.75 Å². The molecule has 0 saturated heterocycles. The lowest BCUT2D eigenvalue weighted by atomic mass is 10.2. The lowest BCUT2D eigenvalue weighted by molar-refractivity contribution is -0.113. The second kappa shape index (κ2) is 8.54. The molecule has 4 nitrogen and oxygen atoms in total. The number of rotatable bonds is 6. The van der Waals surface area contributed by atoms with Crippen LogP contribution < -0.4 is 9.64 Å². The SMILES string of the molecule is C=CCSC1=N/C(=C\c2ccccc2)C(=O)N1c1ccc(OCC)cc1. The molecule has 0 atom stereocenters. The molecular formula is C21H20N2O2S. The Bertz CT molecular complexity index is 842. The van der Waals surface area contributed by atoms with Crippen molar-refractivity contribution in [1.82, 2.24) is 0 Å². The van der Waals surface area contributed by atoms with Crippen LogP contribution in [0.4, 0.5) is 5.69 Å². The zero-order valence-electron chi connectivity index (χ0n) is 14.6. The number of aliphatic imine (C=N–C) groups is 1. The number of carbonyl (C=O) groups excluding carboxylic acids is 1. The number of amides is 1. The van der Waals surface area contributed by atoms with Crippen LogP contribution in [-0.4, -0.2) is 23.4 Å². The fourth-order valence-corrected chi connectivity index (χ4v) is 3.27. The van der Waals surface area contributed by atoms with E-state index >= 15 is 0 Å². The quantitative estimate of drug-likeness (QED) is 0.549. The van der Waals surface area contributed by atoms with Gasteiger partial charge < -0.3 is 4.74 Å². The first kappa shape index (κ1) is 18.0. The molecule has 26 heavy (non-hydrogen) atoms. The van der Waals surface area contributed by atoms with E-state index in [2.05, 4.69) is 11.6 Å². The molecule has 2 aromatic rings. The Morgan fingerprint density at radius 2 is 1.88 bits per heavy atom. The van der Waals surface area contributed by atoms with Gasteiger partial charge in [-0.05, 0) is 42.8 Å². The van der Waals surface area contributed by atoms with Crippen LogP contribution in [0, 0.1) is 0 Å². The van der Waals surface area contributed by atoms with Crippen LogP contribution in [0.25, 0.3) is 6.08 Å². The second-order valence-electron chi connectivity index (χ2n) is 5.50. The zero-order chi connectivity index (χ0) is 18.4. The van der Waals surface area contributed by atoms with E-state index in [4.69, 9.17) is 4.74 Å². The molecule has 132 valence electrons. The number of carbonyl (C=O) groups is 1. The van der Waals surface area contributed by atoms with Crippen LogP contribution in [0.15, 0.2) is 77.9 Å². The molecular weight excluding hydrogens is 344 g/mol. The third-order valence-corrected chi connectivity index (χ3v) is 4.60. The number of anilines is 1. The van der Waals surface area contributed by atoms with Crippen molar-refractivity contribution in [1.29, 1.82) is 0 Å². The van der Waals surface area contributed by atoms with E-state index in [1.165, 1.54) is 11.8 Å². The number of thioether (sulfide) groups is 1. The van der Waals surface area contributed by atoms with Crippen LogP contribution in [0.1, 0.15) is 12.5 Å². The molecule has 2 aromatic carbocycles. The Morgan fingerprint density at radius 1 is 1.15 bits per heavy atom. The van der Waals surface area contributed by atoms with Gasteiger partial charge in [-0.1, -0.05) is 48.2 Å². The van der Waals surface area contributed by atoms with E-state index in [-0.39, 0.29) is 5.91 Å². The third-order valence-electron chi connectivity index (χ3n) is 3.67. The molecule has 0 fully saturated rings. The number of nitrogens with zero attached hydrogens (tertiary/aromatic N) is 2. The van der Waals surface area contributed by atoms with Gasteiger partial charge >= 0.3 is 0 Å². The molecule has 0 aliphatic carbocycles. The number of hydrogen-bond acceptors (Lipinski definition) is 4. The van der Waals surface area contributed by atoms with Crippen molar-refractivity contribution >= 4 is 34.6 Å². The molecule has 0 N–H and O–H groups in total. The fourth-order valence-electron chi connectivity index (χ4n) is 2.52. The summed E-state index contributed by atoms with van der Waals surface area (Å²) < 4.78 is 5.48. The Kier molecular flexibility index (Phi) is 5.92. The maximum atomic E-state index is 13.0. The standard InChI is InChI=1S/C21H20N2O2S/c1-3-14-26-21-22-19(15-16-8-6-5-7-9-16)20(24)23(21)17-10-12-18(13-11-17)25-4-2/h3,5-13,15H,1,4,14H2,2H3/b19-15-. The maximum Gasteiger partial charge on any atom is 0.283 e. The number of benzene rings is 2. The first-order valence-electron chi connectivity index (χ1n) is 8.39. The summed E-state index contributed by atoms with van der Waals surface area (Å²) in [6.07, 6.45) is 3.61. The summed E-state index contributed by atoms with van der Waals surface area (Å²) >= 11 is 1.48. The summed E-state index contributed by atoms with van der Waals surface area (Å²) in [6, 6.07) is 17.2. The summed E-state index contributed by atoms with van der Waals surface area (Å²) in [5.41, 5.74) is 2.14. The van der Waals surface area contributed by atoms with Gasteiger partial charge in [-0.2, -0.15) is 0 Å². The minimum absolute atomic E-state index is 0.135. The number of hydrogen-bond donors (Lipinski definition) is 0. The van der Waals surface area contributed by atoms with Gasteiger partial charge in [-0.25, -0.2) is 4.99 Å². The van der Waals surface area contributed by atoms with Crippen molar-refractivity contribution in [3.05, 3.63) is 78.5 Å². The molecule has 5 heteroatoms. The summed E-state index contributed by atoms with van der Waals surface area (Å²) in [6.45, 7) is 6.29. The van der Waals surface area contributed by atoms with Gasteiger partial charge in [0.15, 0.2) is 5.17 Å². The third kappa shape index (κ3) is 4.06. The maximum absolute atomic E-state index is 13.0. The summed E-state index contributed by atoms with van der Waals surface area (Å²) in [7, 11) is 0. The largest absolute Gasteiger partial charge is 0.494 e. The Hall–Kier alpha value is -2.79. The summed E-state index contributed by atoms with van der Waals surface area (Å²) in [5, 5.41) is 0.654. The van der Waals surface area contributed by atoms with Crippen molar-refractivity contribution in [2.75, 3.05) is 17.3 Å². The number of amidine groups is 1. The van der Waals surface area contributed by atoms with Gasteiger partial charge in [0.05, 0.1) is 12.3 Å². The fraction of sp³-hybridized carbons (Fsp3) is 0.143. The number of ether oxygens (including phenoxy) is 1. The van der Waals surface area contributed by atoms with Crippen molar-refractivity contribution < 1.29 is 9.53 Å². The highest BCUT2D eigenvalue weighted by Gasteiger charge is 2.31. The van der Waals surface area contributed by atoms with Crippen molar-refractivity contribution in [3.8, 4) is 5.75 Å². The van der Waals surface area contributed by atoms with E-state index in [1.807, 2.05) is 67.6 Å². The second-order valence-corrected chi connectivity index (χ2v) is 6.49. The summed E-state index contributed by atoms with van der Waals surface area (Å²) in [5.74, 6) is 1.32. The lowest BCUT2D eigenvalue weighted by Crippen LogP contribution is -2.30. The lowest BCUT2D eigenvalue weighted by Gasteiger charge is -2.17. The topological polar surface area (TPSA) is 41.9 Å². The molecule has 1 aliphatic rings. The van der Waals surface area contributed by atoms with Gasteiger partial charge in [0.1, 0.15) is 11.4 Å². The van der Waals surface area contributed by atoms with Gasteiger partial charge in [0.2, 0.25) is 0 Å². The van der Waals surface area contributed by atoms with E-state index in [0.29, 0.717) is 23.2 Å². The van der Waals surface area contributed by atoms with Crippen LogP contribution in [0.2, 0.25) is 0 Å². The Balaban J connectivity index is 1.92. The first-order valence-corrected chi connectivity index (χ1v) is 9.38. The van der Waals surface area contributed by atoms with Gasteiger partial charge in [0.25, 0.3) is 5.91 Å². The smallest absolute Gasteiger partial charge is 0.283 e. The molecule has 0 saturated carbocycles. The van der Waals surface area contributed by atoms with Crippen molar-refractivity contribution in [2.45, 2.75) is 6.92 Å². The Morgan fingerprint density at radius 3 is 2.54 bits per heavy atom. The summed E-state index contributed by atoms with van der Waals surface area (Å²) in [4.78, 5) is 19.2. The molecule has 0 unspecified atom stereocenters. The monoisotopic (exact) mass is 364 g/mol. The molecule has 1 aliphatic heterocycles. The van der Waals surface area contributed by atoms with Gasteiger partial charge in [0, 0.05) is 5.75 Å². The van der Waals surface area contributed by atoms with E-state index in [9.17, 15) is 4.79 Å². The average Bonchev–Trinajstić information content (AvgIpc) is 2.97. The minimum Gasteiger partial charge on any atom is -0.494 e. The molecule has 0 aromatic heterocycles. The van der Waals surface area contributed by atoms with E-state index in [0.717, 1.165) is 17.0 Å². The van der Waals surface area contributed by atoms with E-state index < -0.39 is 0 Å². The average molecular weight is 364 g/mol. The van der Waals surface area contributed by atoms with Crippen LogP contribution in [-0.2, 0) is 4.79 Å². The van der Waals surface area contributed by atoms with Crippen molar-refractivity contribution in [3.63, 3.8) is 0 Å². The highest BCUT2D eigenvalue weighted by atomic mass is 32.2.